The van der Waals surface area contributed by atoms with Gasteiger partial charge in [0.25, 0.3) is 0 Å². The van der Waals surface area contributed by atoms with Crippen molar-refractivity contribution < 1.29 is 10.0 Å². The van der Waals surface area contributed by atoms with Crippen LogP contribution in [0.1, 0.15) is 24.5 Å². The average molecular weight is 215 g/mol. The molecule has 1 aliphatic rings. The van der Waals surface area contributed by atoms with E-state index in [1.165, 1.54) is 5.56 Å². The van der Waals surface area contributed by atoms with Crippen LogP contribution in [0.15, 0.2) is 23.7 Å². The van der Waals surface area contributed by atoms with Gasteiger partial charge in [-0.1, -0.05) is 18.7 Å². The average Bonchev–Trinajstić information content (AvgIpc) is 2.61. The van der Waals surface area contributed by atoms with E-state index in [1.54, 1.807) is 12.3 Å². The van der Waals surface area contributed by atoms with Crippen molar-refractivity contribution in [1.82, 2.24) is 0 Å². The number of aliphatic imine (C=N–C) groups is 1. The summed E-state index contributed by atoms with van der Waals surface area (Å²) in [6.45, 7) is 5.81. The van der Waals surface area contributed by atoms with Crippen LogP contribution in [0.25, 0.3) is 5.57 Å². The molecule has 3 nitrogen and oxygen atoms in total. The lowest BCUT2D eigenvalue weighted by molar-refractivity contribution is 0.426. The Morgan fingerprint density at radius 2 is 2.12 bits per heavy atom. The maximum Gasteiger partial charge on any atom is 0.490 e. The van der Waals surface area contributed by atoms with Crippen LogP contribution < -0.4 is 5.46 Å². The Hall–Kier alpha value is -1.39. The van der Waals surface area contributed by atoms with Crippen LogP contribution in [0.4, 0.5) is 5.69 Å². The molecule has 2 rings (SSSR count). The van der Waals surface area contributed by atoms with Crippen LogP contribution >= 0.6 is 0 Å². The van der Waals surface area contributed by atoms with Crippen LogP contribution in [0, 0.1) is 0 Å². The van der Waals surface area contributed by atoms with E-state index in [4.69, 9.17) is 0 Å². The van der Waals surface area contributed by atoms with Gasteiger partial charge in [0.2, 0.25) is 0 Å². The zero-order valence-corrected chi connectivity index (χ0v) is 9.27. The minimum Gasteiger partial charge on any atom is -0.423 e. The molecule has 0 bridgehead atoms. The SMILES string of the molecule is C=C1CCc2ccc(B(O)O)c(N=CC)c21. The first kappa shape index (κ1) is 11.1. The molecule has 0 aliphatic heterocycles. The third kappa shape index (κ3) is 1.70. The number of nitrogens with zero attached hydrogens (tertiary/aromatic N) is 1. The fourth-order valence-corrected chi connectivity index (χ4v) is 2.14. The van der Waals surface area contributed by atoms with Gasteiger partial charge in [-0.2, -0.15) is 0 Å². The third-order valence-electron chi connectivity index (χ3n) is 2.88. The first-order chi connectivity index (χ1) is 7.65. The van der Waals surface area contributed by atoms with Crippen LogP contribution in [0.2, 0.25) is 0 Å². The molecular weight excluding hydrogens is 201 g/mol. The van der Waals surface area contributed by atoms with Crippen molar-refractivity contribution in [2.24, 2.45) is 4.99 Å². The normalized spacial score (nSPS) is 14.6. The minimum atomic E-state index is -1.49. The summed E-state index contributed by atoms with van der Waals surface area (Å²) in [5.74, 6) is 0. The minimum absolute atomic E-state index is 0.444. The van der Waals surface area contributed by atoms with Crippen molar-refractivity contribution in [1.29, 1.82) is 0 Å². The highest BCUT2D eigenvalue weighted by Gasteiger charge is 2.24. The highest BCUT2D eigenvalue weighted by molar-refractivity contribution is 6.60. The lowest BCUT2D eigenvalue weighted by Gasteiger charge is -2.10. The summed E-state index contributed by atoms with van der Waals surface area (Å²) < 4.78 is 0. The van der Waals surface area contributed by atoms with E-state index in [0.717, 1.165) is 24.0 Å². The van der Waals surface area contributed by atoms with E-state index in [2.05, 4.69) is 11.6 Å². The van der Waals surface area contributed by atoms with E-state index in [-0.39, 0.29) is 0 Å². The van der Waals surface area contributed by atoms with Gasteiger partial charge in [0.15, 0.2) is 0 Å². The van der Waals surface area contributed by atoms with Crippen molar-refractivity contribution in [3.8, 4) is 0 Å². The summed E-state index contributed by atoms with van der Waals surface area (Å²) in [7, 11) is -1.49. The number of benzene rings is 1. The summed E-state index contributed by atoms with van der Waals surface area (Å²) in [5.41, 5.74) is 4.30. The zero-order valence-electron chi connectivity index (χ0n) is 9.27. The van der Waals surface area contributed by atoms with Crippen molar-refractivity contribution >= 4 is 30.1 Å². The van der Waals surface area contributed by atoms with Gasteiger partial charge in [-0.15, -0.1) is 0 Å². The fourth-order valence-electron chi connectivity index (χ4n) is 2.14. The lowest BCUT2D eigenvalue weighted by Crippen LogP contribution is -2.30. The van der Waals surface area contributed by atoms with E-state index >= 15 is 0 Å². The predicted octanol–water partition coefficient (Wildman–Crippen LogP) is 1.05. The molecule has 2 N–H and O–H groups in total. The van der Waals surface area contributed by atoms with Gasteiger partial charge < -0.3 is 10.0 Å². The second kappa shape index (κ2) is 4.24. The summed E-state index contributed by atoms with van der Waals surface area (Å²) in [6, 6.07) is 3.65. The molecular formula is C12H14BNO2. The second-order valence-corrected chi connectivity index (χ2v) is 3.90. The molecule has 0 saturated heterocycles. The maximum atomic E-state index is 9.30. The van der Waals surface area contributed by atoms with Crippen molar-refractivity contribution in [3.05, 3.63) is 29.8 Å². The number of allylic oxidation sites excluding steroid dienone is 1. The molecule has 0 unspecified atom stereocenters. The Morgan fingerprint density at radius 3 is 2.75 bits per heavy atom. The number of aryl methyl sites for hydroxylation is 1. The molecule has 0 fully saturated rings. The maximum absolute atomic E-state index is 9.30. The molecule has 0 heterocycles. The lowest BCUT2D eigenvalue weighted by atomic mass is 9.77. The topological polar surface area (TPSA) is 52.8 Å². The van der Waals surface area contributed by atoms with Crippen molar-refractivity contribution in [2.45, 2.75) is 19.8 Å². The first-order valence-corrected chi connectivity index (χ1v) is 5.34. The Bertz CT molecular complexity index is 466. The van der Waals surface area contributed by atoms with Gasteiger partial charge in [-0.3, -0.25) is 4.99 Å². The standard InChI is InChI=1S/C12H14BNO2/c1-3-14-12-10(13(15)16)7-6-9-5-4-8(2)11(9)12/h3,6-7,15-16H,2,4-5H2,1H3. The third-order valence-corrected chi connectivity index (χ3v) is 2.88. The summed E-state index contributed by atoms with van der Waals surface area (Å²) in [5, 5.41) is 18.6. The molecule has 1 aromatic carbocycles. The molecule has 0 aromatic heterocycles. The predicted molar refractivity (Wildman–Crippen MR) is 67.4 cm³/mol. The van der Waals surface area contributed by atoms with Crippen LogP contribution in [-0.4, -0.2) is 23.4 Å². The monoisotopic (exact) mass is 215 g/mol. The van der Waals surface area contributed by atoms with Crippen LogP contribution in [0.5, 0.6) is 0 Å². The smallest absolute Gasteiger partial charge is 0.423 e. The molecule has 4 heteroatoms. The van der Waals surface area contributed by atoms with Gasteiger partial charge in [-0.25, -0.2) is 0 Å². The molecule has 0 atom stereocenters. The van der Waals surface area contributed by atoms with E-state index in [0.29, 0.717) is 11.2 Å². The molecule has 0 saturated carbocycles. The number of hydrogen-bond donors (Lipinski definition) is 2. The van der Waals surface area contributed by atoms with E-state index in [9.17, 15) is 10.0 Å². The van der Waals surface area contributed by atoms with Gasteiger partial charge in [0.05, 0.1) is 5.69 Å². The van der Waals surface area contributed by atoms with Crippen LogP contribution in [0.3, 0.4) is 0 Å². The molecule has 0 amide bonds. The second-order valence-electron chi connectivity index (χ2n) is 3.90. The Labute approximate surface area is 95.3 Å². The van der Waals surface area contributed by atoms with Crippen LogP contribution in [-0.2, 0) is 6.42 Å². The molecule has 0 spiro atoms. The van der Waals surface area contributed by atoms with Crippen molar-refractivity contribution in [3.63, 3.8) is 0 Å². The van der Waals surface area contributed by atoms with Gasteiger partial charge in [0.1, 0.15) is 0 Å². The van der Waals surface area contributed by atoms with E-state index in [1.807, 2.05) is 13.0 Å². The number of rotatable bonds is 2. The number of fused-ring (bicyclic) bond motifs is 1. The highest BCUT2D eigenvalue weighted by atomic mass is 16.4. The Kier molecular flexibility index (Phi) is 2.94. The Balaban J connectivity index is 2.67. The van der Waals surface area contributed by atoms with Crippen molar-refractivity contribution in [2.75, 3.05) is 0 Å². The largest absolute Gasteiger partial charge is 0.490 e. The quantitative estimate of drug-likeness (QED) is 0.572. The zero-order chi connectivity index (χ0) is 11.7. The van der Waals surface area contributed by atoms with Gasteiger partial charge in [-0.05, 0) is 30.9 Å². The summed E-state index contributed by atoms with van der Waals surface area (Å²) in [4.78, 5) is 4.24. The molecule has 1 aromatic rings. The van der Waals surface area contributed by atoms with Gasteiger partial charge in [0, 0.05) is 17.2 Å². The molecule has 0 radical (unpaired) electrons. The fraction of sp³-hybridized carbons (Fsp3) is 0.250. The first-order valence-electron chi connectivity index (χ1n) is 5.34. The van der Waals surface area contributed by atoms with E-state index < -0.39 is 7.12 Å². The highest BCUT2D eigenvalue weighted by Crippen LogP contribution is 2.36. The summed E-state index contributed by atoms with van der Waals surface area (Å²) >= 11 is 0. The van der Waals surface area contributed by atoms with Gasteiger partial charge >= 0.3 is 7.12 Å². The number of hydrogen-bond acceptors (Lipinski definition) is 3. The Morgan fingerprint density at radius 1 is 1.38 bits per heavy atom. The molecule has 1 aliphatic carbocycles. The summed E-state index contributed by atoms with van der Waals surface area (Å²) in [6.07, 6.45) is 3.54. The molecule has 82 valence electrons. The molecule has 16 heavy (non-hydrogen) atoms.